The highest BCUT2D eigenvalue weighted by Crippen LogP contribution is 2.18. The predicted molar refractivity (Wildman–Crippen MR) is 88.8 cm³/mol. The molecule has 5 nitrogen and oxygen atoms in total. The highest BCUT2D eigenvalue weighted by molar-refractivity contribution is 5.94. The molecule has 0 saturated carbocycles. The number of amides is 2. The van der Waals surface area contributed by atoms with Gasteiger partial charge in [-0.15, -0.1) is 0 Å². The first-order valence-corrected chi connectivity index (χ1v) is 7.96. The lowest BCUT2D eigenvalue weighted by atomic mass is 9.97. The third-order valence-corrected chi connectivity index (χ3v) is 3.74. The van der Waals surface area contributed by atoms with Gasteiger partial charge >= 0.3 is 0 Å². The van der Waals surface area contributed by atoms with E-state index in [0.717, 1.165) is 37.3 Å². The molecule has 0 radical (unpaired) electrons. The molecule has 2 amide bonds. The van der Waals surface area contributed by atoms with Crippen LogP contribution in [0.3, 0.4) is 0 Å². The smallest absolute Gasteiger partial charge is 0.227 e. The van der Waals surface area contributed by atoms with Crippen molar-refractivity contribution in [3.05, 3.63) is 24.3 Å². The van der Waals surface area contributed by atoms with E-state index in [9.17, 15) is 9.59 Å². The van der Waals surface area contributed by atoms with Crippen LogP contribution in [-0.4, -0.2) is 24.9 Å². The van der Waals surface area contributed by atoms with Gasteiger partial charge in [-0.3, -0.25) is 9.59 Å². The van der Waals surface area contributed by atoms with Crippen LogP contribution in [0.1, 0.15) is 33.1 Å². The number of carbonyl (C=O) groups is 2. The van der Waals surface area contributed by atoms with Crippen LogP contribution in [0.25, 0.3) is 0 Å². The van der Waals surface area contributed by atoms with Gasteiger partial charge in [-0.05, 0) is 56.1 Å². The van der Waals surface area contributed by atoms with Crippen molar-refractivity contribution in [1.82, 2.24) is 5.32 Å². The van der Waals surface area contributed by atoms with Gasteiger partial charge in [0.1, 0.15) is 0 Å². The fraction of sp³-hybridized carbons (Fsp3) is 0.529. The van der Waals surface area contributed by atoms with E-state index in [0.29, 0.717) is 12.3 Å². The number of nitrogens with one attached hydrogen (secondary N) is 3. The van der Waals surface area contributed by atoms with Gasteiger partial charge in [0.25, 0.3) is 0 Å². The van der Waals surface area contributed by atoms with Crippen LogP contribution >= 0.6 is 0 Å². The summed E-state index contributed by atoms with van der Waals surface area (Å²) in [7, 11) is 0. The Morgan fingerprint density at radius 2 is 1.64 bits per heavy atom. The number of hydrogen-bond donors (Lipinski definition) is 3. The monoisotopic (exact) mass is 303 g/mol. The third kappa shape index (κ3) is 5.15. The number of anilines is 2. The molecule has 0 aliphatic carbocycles. The summed E-state index contributed by atoms with van der Waals surface area (Å²) in [6.07, 6.45) is 2.28. The zero-order valence-corrected chi connectivity index (χ0v) is 13.3. The first kappa shape index (κ1) is 16.5. The van der Waals surface area contributed by atoms with Gasteiger partial charge in [0.15, 0.2) is 0 Å². The third-order valence-electron chi connectivity index (χ3n) is 3.74. The molecule has 0 atom stereocenters. The molecule has 0 unspecified atom stereocenters. The minimum Gasteiger partial charge on any atom is -0.326 e. The quantitative estimate of drug-likeness (QED) is 0.783. The van der Waals surface area contributed by atoms with E-state index < -0.39 is 0 Å². The molecule has 1 aliphatic rings. The first-order valence-electron chi connectivity index (χ1n) is 7.96. The molecule has 0 spiro atoms. The Hall–Kier alpha value is -1.88. The molecule has 1 saturated heterocycles. The standard InChI is InChI=1S/C17H25N3O2/c1-12(2)11-16(21)19-14-3-5-15(6-4-14)20-17(22)13-7-9-18-10-8-13/h3-6,12-13,18H,7-11H2,1-2H3,(H,19,21)(H,20,22). The summed E-state index contributed by atoms with van der Waals surface area (Å²) in [6.45, 7) is 5.83. The zero-order chi connectivity index (χ0) is 15.9. The second-order valence-electron chi connectivity index (χ2n) is 6.24. The number of carbonyl (C=O) groups excluding carboxylic acids is 2. The van der Waals surface area contributed by atoms with Crippen molar-refractivity contribution in [2.75, 3.05) is 23.7 Å². The van der Waals surface area contributed by atoms with Gasteiger partial charge in [-0.1, -0.05) is 13.8 Å². The van der Waals surface area contributed by atoms with Crippen LogP contribution < -0.4 is 16.0 Å². The lowest BCUT2D eigenvalue weighted by molar-refractivity contribution is -0.120. The second kappa shape index (κ2) is 7.94. The van der Waals surface area contributed by atoms with Gasteiger partial charge in [-0.2, -0.15) is 0 Å². The van der Waals surface area contributed by atoms with Gasteiger partial charge in [0.05, 0.1) is 0 Å². The lowest BCUT2D eigenvalue weighted by Crippen LogP contribution is -2.34. The largest absolute Gasteiger partial charge is 0.326 e. The van der Waals surface area contributed by atoms with Crippen molar-refractivity contribution in [3.8, 4) is 0 Å². The van der Waals surface area contributed by atoms with E-state index in [1.165, 1.54) is 0 Å². The molecule has 1 heterocycles. The number of hydrogen-bond acceptors (Lipinski definition) is 3. The van der Waals surface area contributed by atoms with Crippen molar-refractivity contribution >= 4 is 23.2 Å². The Bertz CT molecular complexity index is 505. The predicted octanol–water partition coefficient (Wildman–Crippen LogP) is 2.61. The summed E-state index contributed by atoms with van der Waals surface area (Å²) in [5.74, 6) is 0.523. The van der Waals surface area contributed by atoms with Gasteiger partial charge in [0, 0.05) is 23.7 Å². The van der Waals surface area contributed by atoms with E-state index in [2.05, 4.69) is 16.0 Å². The highest BCUT2D eigenvalue weighted by Gasteiger charge is 2.20. The maximum Gasteiger partial charge on any atom is 0.227 e. The molecule has 5 heteroatoms. The Morgan fingerprint density at radius 3 is 2.18 bits per heavy atom. The Balaban J connectivity index is 1.86. The molecule has 0 bridgehead atoms. The molecule has 22 heavy (non-hydrogen) atoms. The normalized spacial score (nSPS) is 15.6. The SMILES string of the molecule is CC(C)CC(=O)Nc1ccc(NC(=O)C2CCNCC2)cc1. The Morgan fingerprint density at radius 1 is 1.09 bits per heavy atom. The van der Waals surface area contributed by atoms with Crippen LogP contribution in [0.2, 0.25) is 0 Å². The molecule has 1 aromatic carbocycles. The van der Waals surface area contributed by atoms with E-state index >= 15 is 0 Å². The number of benzene rings is 1. The van der Waals surface area contributed by atoms with Crippen molar-refractivity contribution < 1.29 is 9.59 Å². The highest BCUT2D eigenvalue weighted by atomic mass is 16.2. The number of rotatable bonds is 5. The van der Waals surface area contributed by atoms with E-state index in [1.54, 1.807) is 0 Å². The second-order valence-corrected chi connectivity index (χ2v) is 6.24. The minimum atomic E-state index is 0.0153. The Kier molecular flexibility index (Phi) is 5.95. The zero-order valence-electron chi connectivity index (χ0n) is 13.3. The van der Waals surface area contributed by atoms with E-state index in [1.807, 2.05) is 38.1 Å². The van der Waals surface area contributed by atoms with Crippen LogP contribution in [0, 0.1) is 11.8 Å². The van der Waals surface area contributed by atoms with Gasteiger partial charge < -0.3 is 16.0 Å². The van der Waals surface area contributed by atoms with E-state index in [4.69, 9.17) is 0 Å². The molecule has 0 aromatic heterocycles. The maximum absolute atomic E-state index is 12.1. The van der Waals surface area contributed by atoms with Gasteiger partial charge in [0.2, 0.25) is 11.8 Å². The van der Waals surface area contributed by atoms with E-state index in [-0.39, 0.29) is 17.7 Å². The molecule has 3 N–H and O–H groups in total. The topological polar surface area (TPSA) is 70.2 Å². The summed E-state index contributed by atoms with van der Waals surface area (Å²) in [5.41, 5.74) is 1.52. The summed E-state index contributed by atoms with van der Waals surface area (Å²) >= 11 is 0. The van der Waals surface area contributed by atoms with Crippen molar-refractivity contribution in [2.24, 2.45) is 11.8 Å². The van der Waals surface area contributed by atoms with Crippen molar-refractivity contribution in [1.29, 1.82) is 0 Å². The van der Waals surface area contributed by atoms with Gasteiger partial charge in [-0.25, -0.2) is 0 Å². The molecule has 1 aliphatic heterocycles. The summed E-state index contributed by atoms with van der Waals surface area (Å²) in [6, 6.07) is 7.28. The van der Waals surface area contributed by atoms with Crippen LogP contribution in [0.5, 0.6) is 0 Å². The average molecular weight is 303 g/mol. The minimum absolute atomic E-state index is 0.0153. The molecular formula is C17H25N3O2. The van der Waals surface area contributed by atoms with Crippen molar-refractivity contribution in [3.63, 3.8) is 0 Å². The summed E-state index contributed by atoms with van der Waals surface area (Å²) < 4.78 is 0. The van der Waals surface area contributed by atoms with Crippen LogP contribution in [0.4, 0.5) is 11.4 Å². The summed E-state index contributed by atoms with van der Waals surface area (Å²) in [4.78, 5) is 23.8. The molecule has 2 rings (SSSR count). The number of piperidine rings is 1. The fourth-order valence-corrected chi connectivity index (χ4v) is 2.55. The fourth-order valence-electron chi connectivity index (χ4n) is 2.55. The maximum atomic E-state index is 12.1. The first-order chi connectivity index (χ1) is 10.5. The molecule has 120 valence electrons. The van der Waals surface area contributed by atoms with Crippen LogP contribution in [0.15, 0.2) is 24.3 Å². The molecule has 1 aromatic rings. The average Bonchev–Trinajstić information content (AvgIpc) is 2.49. The lowest BCUT2D eigenvalue weighted by Gasteiger charge is -2.21. The summed E-state index contributed by atoms with van der Waals surface area (Å²) in [5, 5.41) is 9.05. The molecule has 1 fully saturated rings. The van der Waals surface area contributed by atoms with Crippen molar-refractivity contribution in [2.45, 2.75) is 33.1 Å². The molecular weight excluding hydrogens is 278 g/mol. The van der Waals surface area contributed by atoms with Crippen LogP contribution in [-0.2, 0) is 9.59 Å². The Labute approximate surface area is 131 Å².